The molecule has 5 amide bonds. The van der Waals surface area contributed by atoms with E-state index in [4.69, 9.17) is 16.3 Å². The molecular formula is C44H48ClN9O6. The molecule has 2 saturated carbocycles. The Morgan fingerprint density at radius 2 is 1.68 bits per heavy atom. The third-order valence-electron chi connectivity index (χ3n) is 13.9. The van der Waals surface area contributed by atoms with E-state index in [1.807, 2.05) is 6.07 Å². The summed E-state index contributed by atoms with van der Waals surface area (Å²) in [5.74, 6) is 0.110. The van der Waals surface area contributed by atoms with Crippen molar-refractivity contribution in [3.8, 4) is 11.8 Å². The number of nitriles is 1. The topological polar surface area (TPSA) is 181 Å². The van der Waals surface area contributed by atoms with Gasteiger partial charge in [-0.1, -0.05) is 39.3 Å². The Morgan fingerprint density at radius 3 is 2.33 bits per heavy atom. The van der Waals surface area contributed by atoms with Crippen molar-refractivity contribution in [1.82, 2.24) is 30.4 Å². The molecular weight excluding hydrogens is 786 g/mol. The maximum absolute atomic E-state index is 13.5. The number of anilines is 2. The second-order valence-electron chi connectivity index (χ2n) is 18.3. The van der Waals surface area contributed by atoms with E-state index in [1.165, 1.54) is 0 Å². The summed E-state index contributed by atoms with van der Waals surface area (Å²) < 4.78 is 6.37. The largest absolute Gasteiger partial charge is 0.489 e. The summed E-state index contributed by atoms with van der Waals surface area (Å²) in [4.78, 5) is 81.5. The van der Waals surface area contributed by atoms with Gasteiger partial charge in [0.2, 0.25) is 17.8 Å². The summed E-state index contributed by atoms with van der Waals surface area (Å²) in [5, 5.41) is 15.0. The Kier molecular flexibility index (Phi) is 9.86. The van der Waals surface area contributed by atoms with Crippen molar-refractivity contribution in [2.75, 3.05) is 49.1 Å². The van der Waals surface area contributed by atoms with Gasteiger partial charge in [-0.25, -0.2) is 9.97 Å². The number of amides is 5. The van der Waals surface area contributed by atoms with Crippen molar-refractivity contribution < 1.29 is 28.7 Å². The molecule has 312 valence electrons. The summed E-state index contributed by atoms with van der Waals surface area (Å²) in [6.45, 7) is 13.5. The highest BCUT2D eigenvalue weighted by molar-refractivity contribution is 6.31. The van der Waals surface area contributed by atoms with Gasteiger partial charge in [0.1, 0.15) is 24.0 Å². The minimum absolute atomic E-state index is 0.0860. The lowest BCUT2D eigenvalue weighted by Gasteiger charge is -2.63. The molecule has 0 spiro atoms. The van der Waals surface area contributed by atoms with Crippen LogP contribution in [0.15, 0.2) is 48.8 Å². The predicted molar refractivity (Wildman–Crippen MR) is 221 cm³/mol. The van der Waals surface area contributed by atoms with E-state index in [0.717, 1.165) is 62.7 Å². The lowest BCUT2D eigenvalue weighted by atomic mass is 9.49. The predicted octanol–water partition coefficient (Wildman–Crippen LogP) is 4.05. The first-order valence-electron chi connectivity index (χ1n) is 20.7. The average Bonchev–Trinajstić information content (AvgIpc) is 3.90. The number of imide groups is 2. The molecule has 4 aliphatic heterocycles. The van der Waals surface area contributed by atoms with Gasteiger partial charge in [0.05, 0.1) is 27.3 Å². The van der Waals surface area contributed by atoms with E-state index in [9.17, 15) is 29.2 Å². The van der Waals surface area contributed by atoms with Crippen LogP contribution in [-0.4, -0.2) is 113 Å². The normalized spacial score (nSPS) is 28.0. The molecule has 1 aromatic heterocycles. The standard InChI is InChI=1S/C44H48ClN9O6/c1-43(2)40(44(3,4)41(43)60-30-7-5-24(19-46)33(45)18-30)50-36(56)27-20-47-42(48-21-27)53-23-26-16-29(53)15-25(26)22-51-11-13-52(14-12-51)28-6-8-31-32(17-28)39(59)54(38(31)58)34-9-10-35(55)49-37(34)57/h5-8,17-18,20-21,25-26,29,34,40-41H,9-16,22-23H2,1-4H3,(H,50,56)(H,49,55,57)/t25-,26+,29-,34?,40-,41-/m0/s1. The van der Waals surface area contributed by atoms with Crippen molar-refractivity contribution in [1.29, 1.82) is 5.26 Å². The number of benzene rings is 2. The molecule has 60 heavy (non-hydrogen) atoms. The number of nitrogens with one attached hydrogen (secondary N) is 2. The number of fused-ring (bicyclic) bond motifs is 3. The zero-order chi connectivity index (χ0) is 42.2. The molecule has 2 bridgehead atoms. The third kappa shape index (κ3) is 6.74. The Balaban J connectivity index is 0.750. The summed E-state index contributed by atoms with van der Waals surface area (Å²) >= 11 is 6.25. The summed E-state index contributed by atoms with van der Waals surface area (Å²) in [5.41, 5.74) is 1.47. The van der Waals surface area contributed by atoms with Crippen LogP contribution in [0.3, 0.4) is 0 Å². The molecule has 5 heterocycles. The van der Waals surface area contributed by atoms with Crippen LogP contribution < -0.4 is 25.2 Å². The summed E-state index contributed by atoms with van der Waals surface area (Å²) in [6.07, 6.45) is 5.40. The molecule has 2 aliphatic carbocycles. The van der Waals surface area contributed by atoms with Crippen LogP contribution >= 0.6 is 11.6 Å². The lowest BCUT2D eigenvalue weighted by molar-refractivity contribution is -0.164. The van der Waals surface area contributed by atoms with Gasteiger partial charge in [0.15, 0.2) is 0 Å². The molecule has 9 rings (SSSR count). The highest BCUT2D eigenvalue weighted by Crippen LogP contribution is 2.55. The van der Waals surface area contributed by atoms with Gasteiger partial charge >= 0.3 is 0 Å². The molecule has 15 nitrogen and oxygen atoms in total. The van der Waals surface area contributed by atoms with Crippen LogP contribution in [0.25, 0.3) is 0 Å². The molecule has 3 saturated heterocycles. The number of carbonyl (C=O) groups is 5. The highest BCUT2D eigenvalue weighted by Gasteiger charge is 2.64. The van der Waals surface area contributed by atoms with Crippen LogP contribution in [0.5, 0.6) is 5.75 Å². The molecule has 5 fully saturated rings. The number of carbonyl (C=O) groups excluding carboxylic acids is 5. The van der Waals surface area contributed by atoms with Crippen molar-refractivity contribution >= 4 is 52.8 Å². The van der Waals surface area contributed by atoms with Crippen LogP contribution in [0, 0.1) is 34.0 Å². The third-order valence-corrected chi connectivity index (χ3v) is 14.2. The highest BCUT2D eigenvalue weighted by atomic mass is 35.5. The average molecular weight is 834 g/mol. The van der Waals surface area contributed by atoms with Crippen molar-refractivity contribution in [2.24, 2.45) is 22.7 Å². The fourth-order valence-electron chi connectivity index (χ4n) is 11.1. The van der Waals surface area contributed by atoms with E-state index >= 15 is 0 Å². The zero-order valence-electron chi connectivity index (χ0n) is 34.1. The summed E-state index contributed by atoms with van der Waals surface area (Å²) in [6, 6.07) is 11.6. The van der Waals surface area contributed by atoms with Crippen molar-refractivity contribution in [2.45, 2.75) is 77.6 Å². The molecule has 4 atom stereocenters. The van der Waals surface area contributed by atoms with E-state index in [1.54, 1.807) is 42.7 Å². The first-order valence-corrected chi connectivity index (χ1v) is 21.1. The number of piperazine rings is 1. The van der Waals surface area contributed by atoms with Gasteiger partial charge in [-0.2, -0.15) is 5.26 Å². The number of halogens is 1. The van der Waals surface area contributed by atoms with Gasteiger partial charge in [-0.3, -0.25) is 39.1 Å². The monoisotopic (exact) mass is 833 g/mol. The van der Waals surface area contributed by atoms with E-state index in [2.05, 4.69) is 69.1 Å². The minimum Gasteiger partial charge on any atom is -0.489 e. The van der Waals surface area contributed by atoms with Crippen molar-refractivity contribution in [3.63, 3.8) is 0 Å². The van der Waals surface area contributed by atoms with Crippen LogP contribution in [0.1, 0.15) is 90.0 Å². The van der Waals surface area contributed by atoms with Gasteiger partial charge in [0.25, 0.3) is 17.7 Å². The van der Waals surface area contributed by atoms with Gasteiger partial charge in [0, 0.05) is 92.8 Å². The number of rotatable bonds is 9. The van der Waals surface area contributed by atoms with Crippen molar-refractivity contribution in [3.05, 3.63) is 76.1 Å². The Hall–Kier alpha value is -5.59. The molecule has 1 unspecified atom stereocenters. The minimum atomic E-state index is -0.981. The van der Waals surface area contributed by atoms with Crippen LogP contribution in [0.4, 0.5) is 11.6 Å². The van der Waals surface area contributed by atoms with Gasteiger partial charge in [-0.15, -0.1) is 0 Å². The number of ether oxygens (including phenoxy) is 1. The molecule has 0 radical (unpaired) electrons. The molecule has 2 N–H and O–H groups in total. The Morgan fingerprint density at radius 1 is 0.967 bits per heavy atom. The maximum Gasteiger partial charge on any atom is 0.262 e. The smallest absolute Gasteiger partial charge is 0.262 e. The number of hydrogen-bond donors (Lipinski definition) is 2. The fourth-order valence-corrected chi connectivity index (χ4v) is 11.3. The Bertz CT molecular complexity index is 2320. The second kappa shape index (κ2) is 14.8. The van der Waals surface area contributed by atoms with E-state index in [0.29, 0.717) is 51.3 Å². The van der Waals surface area contributed by atoms with Crippen LogP contribution in [-0.2, 0) is 9.59 Å². The molecule has 6 aliphatic rings. The number of piperidine rings is 2. The second-order valence-corrected chi connectivity index (χ2v) is 18.7. The van der Waals surface area contributed by atoms with E-state index in [-0.39, 0.29) is 36.5 Å². The SMILES string of the molecule is CC1(C)[C@H](NC(=O)c2cnc(N3C[C@H]4C[C@@H]3C[C@H]4CN3CCN(c4ccc5c(c4)C(=O)N(C4CCC(=O)NC4=O)C5=O)CC3)nc2)C(C)(C)[C@H]1Oc1ccc(C#N)c(Cl)c1. The Labute approximate surface area is 353 Å². The fraction of sp³-hybridized carbons (Fsp3) is 0.500. The summed E-state index contributed by atoms with van der Waals surface area (Å²) in [7, 11) is 0. The van der Waals surface area contributed by atoms with Crippen LogP contribution in [0.2, 0.25) is 5.02 Å². The molecule has 3 aromatic rings. The first-order chi connectivity index (χ1) is 28.6. The van der Waals surface area contributed by atoms with E-state index < -0.39 is 40.5 Å². The number of aromatic nitrogens is 2. The lowest BCUT2D eigenvalue weighted by Crippen LogP contribution is -2.74. The quantitative estimate of drug-likeness (QED) is 0.296. The maximum atomic E-state index is 13.5. The first kappa shape index (κ1) is 39.8. The van der Waals surface area contributed by atoms with Gasteiger partial charge < -0.3 is 19.9 Å². The number of nitrogens with zero attached hydrogens (tertiary/aromatic N) is 7. The molecule has 2 aromatic carbocycles. The molecule has 16 heteroatoms. The van der Waals surface area contributed by atoms with Gasteiger partial charge in [-0.05, 0) is 61.4 Å². The number of hydrogen-bond acceptors (Lipinski definition) is 12. The zero-order valence-corrected chi connectivity index (χ0v) is 34.9.